The van der Waals surface area contributed by atoms with E-state index in [2.05, 4.69) is 54.3 Å². The Hall–Kier alpha value is -2.25. The fraction of sp³-hybridized carbons (Fsp3) is 0.389. The summed E-state index contributed by atoms with van der Waals surface area (Å²) in [7, 11) is 2.07. The molecule has 0 amide bonds. The van der Waals surface area contributed by atoms with Crippen molar-refractivity contribution in [3.05, 3.63) is 58.2 Å². The van der Waals surface area contributed by atoms with E-state index in [-0.39, 0.29) is 0 Å². The first kappa shape index (κ1) is 16.2. The van der Waals surface area contributed by atoms with E-state index in [1.807, 2.05) is 17.5 Å². The second-order valence-corrected chi connectivity index (χ2v) is 7.40. The van der Waals surface area contributed by atoms with E-state index in [0.717, 1.165) is 50.7 Å². The van der Waals surface area contributed by atoms with Gasteiger partial charge in [-0.05, 0) is 17.9 Å². The van der Waals surface area contributed by atoms with Crippen molar-refractivity contribution in [3.63, 3.8) is 0 Å². The van der Waals surface area contributed by atoms with Crippen LogP contribution in [0.25, 0.3) is 0 Å². The third-order valence-electron chi connectivity index (χ3n) is 4.62. The molecule has 0 aromatic carbocycles. The van der Waals surface area contributed by atoms with Crippen molar-refractivity contribution in [2.45, 2.75) is 25.9 Å². The molecule has 6 nitrogen and oxygen atoms in total. The molecule has 0 spiro atoms. The van der Waals surface area contributed by atoms with Crippen LogP contribution in [0.2, 0.25) is 0 Å². The number of nitrogens with zero attached hydrogens (tertiary/aromatic N) is 5. The van der Waals surface area contributed by atoms with Crippen LogP contribution in [0.5, 0.6) is 0 Å². The van der Waals surface area contributed by atoms with Gasteiger partial charge in [0, 0.05) is 55.9 Å². The van der Waals surface area contributed by atoms with E-state index in [9.17, 15) is 0 Å². The molecular formula is C18H22N6S. The third-order valence-corrected chi connectivity index (χ3v) is 5.48. The predicted octanol–water partition coefficient (Wildman–Crippen LogP) is 2.50. The van der Waals surface area contributed by atoms with Crippen molar-refractivity contribution in [2.75, 3.05) is 25.0 Å². The third kappa shape index (κ3) is 3.72. The topological polar surface area (TPSA) is 60.9 Å². The summed E-state index contributed by atoms with van der Waals surface area (Å²) in [5.41, 5.74) is 2.47. The molecule has 0 atom stereocenters. The molecule has 7 heteroatoms. The Bertz CT molecular complexity index is 799. The smallest absolute Gasteiger partial charge is 0.135 e. The van der Waals surface area contributed by atoms with Gasteiger partial charge in [0.2, 0.25) is 0 Å². The zero-order valence-corrected chi connectivity index (χ0v) is 15.2. The van der Waals surface area contributed by atoms with Crippen molar-refractivity contribution < 1.29 is 0 Å². The fourth-order valence-electron chi connectivity index (χ4n) is 3.35. The quantitative estimate of drug-likeness (QED) is 0.763. The summed E-state index contributed by atoms with van der Waals surface area (Å²) in [6.45, 7) is 3.83. The molecule has 25 heavy (non-hydrogen) atoms. The maximum absolute atomic E-state index is 4.57. The number of hydrogen-bond donors (Lipinski definition) is 1. The molecule has 0 radical (unpaired) electrons. The number of anilines is 1. The Balaban J connectivity index is 1.50. The molecule has 1 aliphatic rings. The number of thiophene rings is 1. The molecule has 4 heterocycles. The average Bonchev–Trinajstić information content (AvgIpc) is 3.27. The van der Waals surface area contributed by atoms with Gasteiger partial charge in [-0.25, -0.2) is 15.0 Å². The van der Waals surface area contributed by atoms with Crippen LogP contribution in [0.1, 0.15) is 22.0 Å². The summed E-state index contributed by atoms with van der Waals surface area (Å²) in [6.07, 6.45) is 7.30. The van der Waals surface area contributed by atoms with Crippen molar-refractivity contribution in [2.24, 2.45) is 0 Å². The van der Waals surface area contributed by atoms with Gasteiger partial charge in [-0.1, -0.05) is 6.07 Å². The highest BCUT2D eigenvalue weighted by molar-refractivity contribution is 7.09. The highest BCUT2D eigenvalue weighted by Crippen LogP contribution is 2.24. The Morgan fingerprint density at radius 2 is 2.16 bits per heavy atom. The lowest BCUT2D eigenvalue weighted by Gasteiger charge is -2.21. The molecule has 0 unspecified atom stereocenters. The van der Waals surface area contributed by atoms with Gasteiger partial charge in [-0.2, -0.15) is 0 Å². The summed E-state index contributed by atoms with van der Waals surface area (Å²) in [5.74, 6) is 1.97. The lowest BCUT2D eigenvalue weighted by atomic mass is 10.1. The highest BCUT2D eigenvalue weighted by atomic mass is 32.1. The van der Waals surface area contributed by atoms with Crippen molar-refractivity contribution in [3.8, 4) is 0 Å². The van der Waals surface area contributed by atoms with E-state index in [4.69, 9.17) is 0 Å². The zero-order chi connectivity index (χ0) is 17.1. The van der Waals surface area contributed by atoms with Crippen LogP contribution in [0, 0.1) is 0 Å². The van der Waals surface area contributed by atoms with Gasteiger partial charge in [-0.15, -0.1) is 11.3 Å². The van der Waals surface area contributed by atoms with Gasteiger partial charge in [0.05, 0.1) is 12.2 Å². The summed E-state index contributed by atoms with van der Waals surface area (Å²) >= 11 is 1.83. The predicted molar refractivity (Wildman–Crippen MR) is 99.7 cm³/mol. The molecule has 0 bridgehead atoms. The monoisotopic (exact) mass is 354 g/mol. The minimum absolute atomic E-state index is 0.718. The van der Waals surface area contributed by atoms with Crippen molar-refractivity contribution in [1.29, 1.82) is 0 Å². The SMILES string of the molecule is CN(Cc1ncc[nH]1)c1ncnc2c1CCN(Cc1cccs1)CC2. The zero-order valence-electron chi connectivity index (χ0n) is 14.4. The average molecular weight is 354 g/mol. The van der Waals surface area contributed by atoms with Gasteiger partial charge in [0.15, 0.2) is 0 Å². The molecule has 0 saturated carbocycles. The molecule has 0 fully saturated rings. The number of fused-ring (bicyclic) bond motifs is 1. The Labute approximate surface area is 151 Å². The minimum atomic E-state index is 0.718. The Morgan fingerprint density at radius 3 is 2.96 bits per heavy atom. The van der Waals surface area contributed by atoms with Gasteiger partial charge < -0.3 is 9.88 Å². The van der Waals surface area contributed by atoms with E-state index in [1.165, 1.54) is 16.1 Å². The highest BCUT2D eigenvalue weighted by Gasteiger charge is 2.20. The maximum Gasteiger partial charge on any atom is 0.135 e. The second kappa shape index (κ2) is 7.33. The number of imidazole rings is 1. The number of aromatic nitrogens is 4. The molecule has 4 rings (SSSR count). The molecule has 1 aliphatic heterocycles. The maximum atomic E-state index is 4.57. The molecule has 130 valence electrons. The standard InChI is InChI=1S/C18H22N6S/c1-23(12-17-19-6-7-20-17)18-15-4-8-24(11-14-3-2-10-25-14)9-5-16(15)21-13-22-18/h2-3,6-7,10,13H,4-5,8-9,11-12H2,1H3,(H,19,20). The molecule has 1 N–H and O–H groups in total. The lowest BCUT2D eigenvalue weighted by Crippen LogP contribution is -2.25. The Kier molecular flexibility index (Phi) is 4.76. The second-order valence-electron chi connectivity index (χ2n) is 6.37. The first-order valence-corrected chi connectivity index (χ1v) is 9.44. The van der Waals surface area contributed by atoms with Crippen LogP contribution in [-0.4, -0.2) is 45.0 Å². The van der Waals surface area contributed by atoms with Gasteiger partial charge in [-0.3, -0.25) is 4.90 Å². The lowest BCUT2D eigenvalue weighted by molar-refractivity contribution is 0.281. The summed E-state index contributed by atoms with van der Waals surface area (Å²) in [4.78, 5) is 22.7. The van der Waals surface area contributed by atoms with Crippen LogP contribution in [0.4, 0.5) is 5.82 Å². The summed E-state index contributed by atoms with van der Waals surface area (Å²) in [5, 5.41) is 2.15. The van der Waals surface area contributed by atoms with Gasteiger partial charge in [0.25, 0.3) is 0 Å². The summed E-state index contributed by atoms with van der Waals surface area (Å²) < 4.78 is 0. The van der Waals surface area contributed by atoms with Crippen LogP contribution in [0.15, 0.2) is 36.2 Å². The number of hydrogen-bond acceptors (Lipinski definition) is 6. The molecule has 0 saturated heterocycles. The molecular weight excluding hydrogens is 332 g/mol. The van der Waals surface area contributed by atoms with E-state index >= 15 is 0 Å². The number of nitrogens with one attached hydrogen (secondary N) is 1. The van der Waals surface area contributed by atoms with E-state index < -0.39 is 0 Å². The molecule has 3 aromatic rings. The van der Waals surface area contributed by atoms with Gasteiger partial charge in [0.1, 0.15) is 18.0 Å². The molecule has 0 aliphatic carbocycles. The first-order valence-electron chi connectivity index (χ1n) is 8.56. The van der Waals surface area contributed by atoms with Crippen LogP contribution in [-0.2, 0) is 25.9 Å². The minimum Gasteiger partial charge on any atom is -0.352 e. The largest absolute Gasteiger partial charge is 0.352 e. The van der Waals surface area contributed by atoms with Crippen molar-refractivity contribution in [1.82, 2.24) is 24.8 Å². The molecule has 3 aromatic heterocycles. The number of rotatable bonds is 5. The number of H-pyrrole nitrogens is 1. The fourth-order valence-corrected chi connectivity index (χ4v) is 4.10. The van der Waals surface area contributed by atoms with Crippen LogP contribution in [0.3, 0.4) is 0 Å². The first-order chi connectivity index (χ1) is 12.3. The van der Waals surface area contributed by atoms with Crippen LogP contribution >= 0.6 is 11.3 Å². The normalized spacial score (nSPS) is 14.9. The van der Waals surface area contributed by atoms with Gasteiger partial charge >= 0.3 is 0 Å². The summed E-state index contributed by atoms with van der Waals surface area (Å²) in [6, 6.07) is 4.34. The number of aromatic amines is 1. The van der Waals surface area contributed by atoms with E-state index in [0.29, 0.717) is 0 Å². The Morgan fingerprint density at radius 1 is 1.24 bits per heavy atom. The van der Waals surface area contributed by atoms with Crippen LogP contribution < -0.4 is 4.90 Å². The van der Waals surface area contributed by atoms with Crippen molar-refractivity contribution >= 4 is 17.2 Å². The van der Waals surface area contributed by atoms with E-state index in [1.54, 1.807) is 12.5 Å².